The van der Waals surface area contributed by atoms with Crippen LogP contribution < -0.4 is 5.73 Å². The third kappa shape index (κ3) is 3.87. The Bertz CT molecular complexity index is 668. The van der Waals surface area contributed by atoms with Crippen LogP contribution in [0.2, 0.25) is 0 Å². The number of ether oxygens (including phenoxy) is 1. The molecule has 122 valence electrons. The maximum atomic E-state index is 12.5. The van der Waals surface area contributed by atoms with Crippen LogP contribution in [-0.2, 0) is 11.2 Å². The number of nitrogen functional groups attached to an aromatic ring is 1. The van der Waals surface area contributed by atoms with Crippen LogP contribution in [0.25, 0.3) is 0 Å². The molecule has 0 saturated carbocycles. The van der Waals surface area contributed by atoms with Gasteiger partial charge in [0, 0.05) is 25.4 Å². The molecule has 7 heteroatoms. The number of oxazole rings is 1. The molecule has 2 aromatic heterocycles. The van der Waals surface area contributed by atoms with Crippen molar-refractivity contribution in [3.8, 4) is 0 Å². The minimum atomic E-state index is -0.123. The number of aromatic nitrogens is 2. The number of pyridine rings is 1. The Morgan fingerprint density at radius 2 is 2.35 bits per heavy atom. The lowest BCUT2D eigenvalue weighted by Crippen LogP contribution is -2.36. The Balaban J connectivity index is 1.68. The predicted molar refractivity (Wildman–Crippen MR) is 83.9 cm³/mol. The molecule has 0 aromatic carbocycles. The quantitative estimate of drug-likeness (QED) is 0.922. The molecule has 1 saturated heterocycles. The van der Waals surface area contributed by atoms with Gasteiger partial charge in [-0.2, -0.15) is 0 Å². The number of carbonyl (C=O) groups excluding carboxylic acids is 1. The van der Waals surface area contributed by atoms with E-state index in [9.17, 15) is 4.79 Å². The highest BCUT2D eigenvalue weighted by atomic mass is 16.5. The number of carbonyl (C=O) groups is 1. The molecule has 1 fully saturated rings. The number of nitrogens with two attached hydrogens (primary N) is 1. The lowest BCUT2D eigenvalue weighted by molar-refractivity contribution is 0.0559. The average Bonchev–Trinajstić information content (AvgIpc) is 2.89. The smallest absolute Gasteiger partial charge is 0.275 e. The molecule has 23 heavy (non-hydrogen) atoms. The summed E-state index contributed by atoms with van der Waals surface area (Å²) in [6.07, 6.45) is 4.28. The molecule has 0 aliphatic carbocycles. The van der Waals surface area contributed by atoms with Gasteiger partial charge in [0.25, 0.3) is 5.91 Å². The summed E-state index contributed by atoms with van der Waals surface area (Å²) < 4.78 is 11.0. The minimum absolute atomic E-state index is 0.0341. The topological polar surface area (TPSA) is 94.5 Å². The van der Waals surface area contributed by atoms with Crippen molar-refractivity contribution in [2.75, 3.05) is 25.4 Å². The largest absolute Gasteiger partial charge is 0.448 e. The van der Waals surface area contributed by atoms with Crippen molar-refractivity contribution in [3.05, 3.63) is 41.9 Å². The van der Waals surface area contributed by atoms with Gasteiger partial charge in [-0.1, -0.05) is 0 Å². The van der Waals surface area contributed by atoms with Crippen LogP contribution in [0.5, 0.6) is 0 Å². The summed E-state index contributed by atoms with van der Waals surface area (Å²) in [6.45, 7) is 3.88. The Morgan fingerprint density at radius 3 is 3.13 bits per heavy atom. The maximum absolute atomic E-state index is 12.5. The van der Waals surface area contributed by atoms with E-state index in [0.29, 0.717) is 43.4 Å². The monoisotopic (exact) mass is 316 g/mol. The fraction of sp³-hybridized carbons (Fsp3) is 0.438. The van der Waals surface area contributed by atoms with Crippen molar-refractivity contribution >= 4 is 11.6 Å². The first-order valence-corrected chi connectivity index (χ1v) is 7.67. The van der Waals surface area contributed by atoms with Crippen LogP contribution in [0.1, 0.15) is 35.4 Å². The van der Waals surface area contributed by atoms with Crippen LogP contribution in [0.15, 0.2) is 29.0 Å². The molecule has 0 bridgehead atoms. The first kappa shape index (κ1) is 15.5. The van der Waals surface area contributed by atoms with Crippen LogP contribution in [0.4, 0.5) is 5.69 Å². The van der Waals surface area contributed by atoms with Crippen LogP contribution in [0, 0.1) is 0 Å². The van der Waals surface area contributed by atoms with Crippen molar-refractivity contribution in [3.63, 3.8) is 0 Å². The third-order valence-corrected chi connectivity index (χ3v) is 3.69. The highest BCUT2D eigenvalue weighted by Gasteiger charge is 2.23. The van der Waals surface area contributed by atoms with Crippen LogP contribution in [0.3, 0.4) is 0 Å². The van der Waals surface area contributed by atoms with E-state index in [4.69, 9.17) is 14.9 Å². The van der Waals surface area contributed by atoms with Crippen molar-refractivity contribution < 1.29 is 13.9 Å². The fourth-order valence-corrected chi connectivity index (χ4v) is 2.53. The van der Waals surface area contributed by atoms with Gasteiger partial charge < -0.3 is 19.8 Å². The van der Waals surface area contributed by atoms with Crippen LogP contribution >= 0.6 is 0 Å². The van der Waals surface area contributed by atoms with Crippen molar-refractivity contribution in [1.29, 1.82) is 0 Å². The number of rotatable bonds is 3. The van der Waals surface area contributed by atoms with Gasteiger partial charge in [0.15, 0.2) is 5.69 Å². The Hall–Kier alpha value is -2.41. The maximum Gasteiger partial charge on any atom is 0.275 e. The Morgan fingerprint density at radius 1 is 1.48 bits per heavy atom. The van der Waals surface area contributed by atoms with E-state index in [1.807, 2.05) is 13.0 Å². The molecule has 3 heterocycles. The third-order valence-electron chi connectivity index (χ3n) is 3.69. The van der Waals surface area contributed by atoms with Crippen molar-refractivity contribution in [2.24, 2.45) is 0 Å². The number of amides is 1. The number of hydrogen-bond acceptors (Lipinski definition) is 6. The SMILES string of the molecule is C[C@H]1CN(C(=O)c2coc(Cc3ccc(N)cn3)n2)CCCO1. The zero-order valence-electron chi connectivity index (χ0n) is 13.1. The Kier molecular flexibility index (Phi) is 4.57. The molecular formula is C16H20N4O3. The normalized spacial score (nSPS) is 18.7. The number of nitrogens with zero attached hydrogens (tertiary/aromatic N) is 3. The number of hydrogen-bond donors (Lipinski definition) is 1. The van der Waals surface area contributed by atoms with Crippen LogP contribution in [-0.4, -0.2) is 46.6 Å². The second kappa shape index (κ2) is 6.78. The second-order valence-electron chi connectivity index (χ2n) is 5.67. The van der Waals surface area contributed by atoms with Gasteiger partial charge in [-0.05, 0) is 25.5 Å². The fourth-order valence-electron chi connectivity index (χ4n) is 2.53. The zero-order chi connectivity index (χ0) is 16.2. The summed E-state index contributed by atoms with van der Waals surface area (Å²) in [5.74, 6) is 0.340. The molecule has 1 amide bonds. The summed E-state index contributed by atoms with van der Waals surface area (Å²) in [5.41, 5.74) is 7.33. The van der Waals surface area contributed by atoms with Gasteiger partial charge in [-0.15, -0.1) is 0 Å². The van der Waals surface area contributed by atoms with Gasteiger partial charge in [0.05, 0.1) is 24.4 Å². The second-order valence-corrected chi connectivity index (χ2v) is 5.67. The molecule has 1 atom stereocenters. The first-order chi connectivity index (χ1) is 11.1. The van der Waals surface area contributed by atoms with E-state index in [0.717, 1.165) is 12.1 Å². The Labute approximate surface area is 134 Å². The number of anilines is 1. The molecule has 0 radical (unpaired) electrons. The molecule has 2 N–H and O–H groups in total. The van der Waals surface area contributed by atoms with Crippen molar-refractivity contribution in [2.45, 2.75) is 25.9 Å². The summed E-state index contributed by atoms with van der Waals surface area (Å²) in [4.78, 5) is 22.8. The molecule has 0 unspecified atom stereocenters. The summed E-state index contributed by atoms with van der Waals surface area (Å²) >= 11 is 0. The zero-order valence-corrected chi connectivity index (χ0v) is 13.1. The summed E-state index contributed by atoms with van der Waals surface area (Å²) in [5, 5.41) is 0. The summed E-state index contributed by atoms with van der Waals surface area (Å²) in [7, 11) is 0. The molecule has 7 nitrogen and oxygen atoms in total. The molecule has 3 rings (SSSR count). The van der Waals surface area contributed by atoms with E-state index in [-0.39, 0.29) is 12.0 Å². The van der Waals surface area contributed by atoms with Gasteiger partial charge in [-0.25, -0.2) is 4.98 Å². The first-order valence-electron chi connectivity index (χ1n) is 7.67. The van der Waals surface area contributed by atoms with E-state index >= 15 is 0 Å². The lowest BCUT2D eigenvalue weighted by atomic mass is 10.2. The molecule has 1 aliphatic rings. The van der Waals surface area contributed by atoms with Gasteiger partial charge >= 0.3 is 0 Å². The standard InChI is InChI=1S/C16H20N4O3/c1-11-9-20(5-2-6-22-11)16(21)14-10-23-15(19-14)7-13-4-3-12(17)8-18-13/h3-4,8,10-11H,2,5-7,9,17H2,1H3/t11-/m0/s1. The molecule has 0 spiro atoms. The van der Waals surface area contributed by atoms with Crippen molar-refractivity contribution in [1.82, 2.24) is 14.9 Å². The van der Waals surface area contributed by atoms with Gasteiger partial charge in [0.1, 0.15) is 6.26 Å². The highest BCUT2D eigenvalue weighted by molar-refractivity contribution is 5.92. The van der Waals surface area contributed by atoms with Gasteiger partial charge in [0.2, 0.25) is 5.89 Å². The predicted octanol–water partition coefficient (Wildman–Crippen LogP) is 1.49. The van der Waals surface area contributed by atoms with E-state index in [1.165, 1.54) is 6.26 Å². The lowest BCUT2D eigenvalue weighted by Gasteiger charge is -2.20. The molecule has 1 aliphatic heterocycles. The average molecular weight is 316 g/mol. The van der Waals surface area contributed by atoms with E-state index < -0.39 is 0 Å². The van der Waals surface area contributed by atoms with Gasteiger partial charge in [-0.3, -0.25) is 9.78 Å². The van der Waals surface area contributed by atoms with E-state index in [2.05, 4.69) is 9.97 Å². The molecular weight excluding hydrogens is 296 g/mol. The highest BCUT2D eigenvalue weighted by Crippen LogP contribution is 2.13. The minimum Gasteiger partial charge on any atom is -0.448 e. The summed E-state index contributed by atoms with van der Waals surface area (Å²) in [6, 6.07) is 3.59. The molecule has 2 aromatic rings. The van der Waals surface area contributed by atoms with E-state index in [1.54, 1.807) is 17.2 Å².